The fourth-order valence-corrected chi connectivity index (χ4v) is 1.88. The monoisotopic (exact) mass is 291 g/mol. The molecule has 1 heterocycles. The van der Waals surface area contributed by atoms with Crippen LogP contribution in [-0.4, -0.2) is 30.6 Å². The van der Waals surface area contributed by atoms with Crippen LogP contribution in [0.2, 0.25) is 0 Å². The van der Waals surface area contributed by atoms with Gasteiger partial charge in [-0.3, -0.25) is 4.79 Å². The number of ether oxygens (including phenoxy) is 1. The molecule has 0 bridgehead atoms. The van der Waals surface area contributed by atoms with Crippen LogP contribution in [0, 0.1) is 0 Å². The van der Waals surface area contributed by atoms with Gasteiger partial charge in [-0.25, -0.2) is 4.98 Å². The van der Waals surface area contributed by atoms with E-state index in [9.17, 15) is 4.79 Å². The van der Waals surface area contributed by atoms with Gasteiger partial charge in [0, 0.05) is 25.3 Å². The molecule has 2 aromatic rings. The van der Waals surface area contributed by atoms with Crippen molar-refractivity contribution in [3.8, 4) is 0 Å². The molecular formula is C15H21N3O3. The summed E-state index contributed by atoms with van der Waals surface area (Å²) in [5, 5.41) is 2.78. The van der Waals surface area contributed by atoms with Gasteiger partial charge in [-0.15, -0.1) is 0 Å². The van der Waals surface area contributed by atoms with Crippen LogP contribution in [0.1, 0.15) is 32.1 Å². The lowest BCUT2D eigenvalue weighted by molar-refractivity contribution is -0.117. The van der Waals surface area contributed by atoms with Gasteiger partial charge in [0.2, 0.25) is 5.91 Å². The molecule has 1 amide bonds. The van der Waals surface area contributed by atoms with Crippen molar-refractivity contribution in [1.29, 1.82) is 0 Å². The minimum absolute atomic E-state index is 0.220. The van der Waals surface area contributed by atoms with Crippen LogP contribution in [-0.2, 0) is 9.53 Å². The average molecular weight is 291 g/mol. The molecule has 1 unspecified atom stereocenters. The quantitative estimate of drug-likeness (QED) is 0.852. The Morgan fingerprint density at radius 3 is 2.90 bits per heavy atom. The largest absolute Gasteiger partial charge is 0.440 e. The number of oxazole rings is 1. The van der Waals surface area contributed by atoms with Gasteiger partial charge in [0.1, 0.15) is 5.52 Å². The molecular weight excluding hydrogens is 270 g/mol. The maximum absolute atomic E-state index is 11.9. The molecule has 0 aliphatic rings. The first kappa shape index (κ1) is 15.5. The van der Waals surface area contributed by atoms with E-state index in [4.69, 9.17) is 14.9 Å². The van der Waals surface area contributed by atoms with Crippen molar-refractivity contribution in [3.63, 3.8) is 0 Å². The van der Waals surface area contributed by atoms with E-state index in [1.165, 1.54) is 0 Å². The topological polar surface area (TPSA) is 90.4 Å². The second kappa shape index (κ2) is 6.69. The maximum Gasteiger partial charge on any atom is 0.241 e. The van der Waals surface area contributed by atoms with E-state index >= 15 is 0 Å². The molecule has 6 nitrogen and oxygen atoms in total. The van der Waals surface area contributed by atoms with Gasteiger partial charge in [0.25, 0.3) is 0 Å². The number of fused-ring (bicyclic) bond motifs is 1. The number of anilines is 1. The van der Waals surface area contributed by atoms with Crippen LogP contribution in [0.15, 0.2) is 22.6 Å². The highest BCUT2D eigenvalue weighted by atomic mass is 16.5. The minimum Gasteiger partial charge on any atom is -0.440 e. The van der Waals surface area contributed by atoms with Crippen LogP contribution in [0.4, 0.5) is 5.69 Å². The van der Waals surface area contributed by atoms with Gasteiger partial charge in [-0.1, -0.05) is 13.8 Å². The van der Waals surface area contributed by atoms with Crippen LogP contribution < -0.4 is 11.1 Å². The van der Waals surface area contributed by atoms with Crippen LogP contribution in [0.3, 0.4) is 0 Å². The second-order valence-corrected chi connectivity index (χ2v) is 5.27. The Hall–Kier alpha value is -1.92. The SMILES string of the molecule is COCCC(N)C(=O)Nc1ccc2oc(C(C)C)nc2c1. The van der Waals surface area contributed by atoms with E-state index in [1.807, 2.05) is 13.8 Å². The van der Waals surface area contributed by atoms with Crippen LogP contribution in [0.25, 0.3) is 11.1 Å². The number of carbonyl (C=O) groups is 1. The summed E-state index contributed by atoms with van der Waals surface area (Å²) >= 11 is 0. The first-order valence-corrected chi connectivity index (χ1v) is 6.97. The van der Waals surface area contributed by atoms with Crippen LogP contribution >= 0.6 is 0 Å². The number of rotatable bonds is 6. The van der Waals surface area contributed by atoms with E-state index in [0.717, 1.165) is 5.52 Å². The standard InChI is InChI=1S/C15H21N3O3/c1-9(2)15-18-12-8-10(4-5-13(12)21-15)17-14(19)11(16)6-7-20-3/h4-5,8-9,11H,6-7,16H2,1-3H3,(H,17,19). The van der Waals surface area contributed by atoms with Gasteiger partial charge < -0.3 is 20.2 Å². The summed E-state index contributed by atoms with van der Waals surface area (Å²) in [5.41, 5.74) is 7.87. The fraction of sp³-hybridized carbons (Fsp3) is 0.467. The highest BCUT2D eigenvalue weighted by Crippen LogP contribution is 2.23. The van der Waals surface area contributed by atoms with E-state index in [0.29, 0.717) is 30.2 Å². The summed E-state index contributed by atoms with van der Waals surface area (Å²) in [5.74, 6) is 0.669. The van der Waals surface area contributed by atoms with Crippen molar-refractivity contribution in [2.45, 2.75) is 32.2 Å². The van der Waals surface area contributed by atoms with Gasteiger partial charge in [-0.05, 0) is 24.6 Å². The van der Waals surface area contributed by atoms with Crippen molar-refractivity contribution >= 4 is 22.7 Å². The number of methoxy groups -OCH3 is 1. The number of amides is 1. The van der Waals surface area contributed by atoms with Crippen molar-refractivity contribution in [2.24, 2.45) is 5.73 Å². The zero-order valence-corrected chi connectivity index (χ0v) is 12.6. The van der Waals surface area contributed by atoms with Crippen molar-refractivity contribution < 1.29 is 13.9 Å². The van der Waals surface area contributed by atoms with Gasteiger partial charge in [-0.2, -0.15) is 0 Å². The normalized spacial score (nSPS) is 12.8. The molecule has 21 heavy (non-hydrogen) atoms. The smallest absolute Gasteiger partial charge is 0.241 e. The Bertz CT molecular complexity index is 622. The molecule has 3 N–H and O–H groups in total. The molecule has 1 atom stereocenters. The molecule has 114 valence electrons. The molecule has 0 radical (unpaired) electrons. The molecule has 2 rings (SSSR count). The summed E-state index contributed by atoms with van der Waals surface area (Å²) in [4.78, 5) is 16.3. The van der Waals surface area contributed by atoms with E-state index < -0.39 is 6.04 Å². The number of nitrogens with one attached hydrogen (secondary N) is 1. The molecule has 0 aliphatic carbocycles. The van der Waals surface area contributed by atoms with Gasteiger partial charge in [0.05, 0.1) is 6.04 Å². The molecule has 0 aliphatic heterocycles. The summed E-state index contributed by atoms with van der Waals surface area (Å²) in [6.07, 6.45) is 0.478. The third-order valence-electron chi connectivity index (χ3n) is 3.14. The van der Waals surface area contributed by atoms with E-state index in [2.05, 4.69) is 10.3 Å². The Kier molecular flexibility index (Phi) is 4.93. The summed E-state index contributed by atoms with van der Waals surface area (Å²) in [6.45, 7) is 4.49. The predicted octanol–water partition coefficient (Wildman–Crippen LogP) is 2.25. The predicted molar refractivity (Wildman–Crippen MR) is 81.2 cm³/mol. The maximum atomic E-state index is 11.9. The third-order valence-corrected chi connectivity index (χ3v) is 3.14. The Morgan fingerprint density at radius 2 is 2.24 bits per heavy atom. The second-order valence-electron chi connectivity index (χ2n) is 5.27. The molecule has 1 aromatic carbocycles. The number of carbonyl (C=O) groups excluding carboxylic acids is 1. The van der Waals surface area contributed by atoms with Gasteiger partial charge in [0.15, 0.2) is 11.5 Å². The van der Waals surface area contributed by atoms with E-state index in [1.54, 1.807) is 25.3 Å². The first-order chi connectivity index (χ1) is 10.0. The lowest BCUT2D eigenvalue weighted by Crippen LogP contribution is -2.36. The summed E-state index contributed by atoms with van der Waals surface area (Å²) in [6, 6.07) is 4.76. The van der Waals surface area contributed by atoms with Crippen molar-refractivity contribution in [1.82, 2.24) is 4.98 Å². The fourth-order valence-electron chi connectivity index (χ4n) is 1.88. The Labute approximate surface area is 123 Å². The average Bonchev–Trinajstić information content (AvgIpc) is 2.88. The zero-order chi connectivity index (χ0) is 15.4. The summed E-state index contributed by atoms with van der Waals surface area (Å²) in [7, 11) is 1.58. The molecule has 0 saturated heterocycles. The molecule has 6 heteroatoms. The number of hydrogen-bond acceptors (Lipinski definition) is 5. The minimum atomic E-state index is -0.593. The highest BCUT2D eigenvalue weighted by Gasteiger charge is 2.14. The Morgan fingerprint density at radius 1 is 1.48 bits per heavy atom. The number of aromatic nitrogens is 1. The summed E-state index contributed by atoms with van der Waals surface area (Å²) < 4.78 is 10.5. The molecule has 0 fully saturated rings. The van der Waals surface area contributed by atoms with Gasteiger partial charge >= 0.3 is 0 Å². The lowest BCUT2D eigenvalue weighted by atomic mass is 10.2. The van der Waals surface area contributed by atoms with E-state index in [-0.39, 0.29) is 11.8 Å². The lowest BCUT2D eigenvalue weighted by Gasteiger charge is -2.11. The zero-order valence-electron chi connectivity index (χ0n) is 12.6. The molecule has 1 aromatic heterocycles. The number of nitrogens with two attached hydrogens (primary N) is 1. The number of hydrogen-bond donors (Lipinski definition) is 2. The van der Waals surface area contributed by atoms with Crippen molar-refractivity contribution in [2.75, 3.05) is 19.0 Å². The molecule has 0 spiro atoms. The third kappa shape index (κ3) is 3.80. The molecule has 0 saturated carbocycles. The van der Waals surface area contributed by atoms with Crippen LogP contribution in [0.5, 0.6) is 0 Å². The number of benzene rings is 1. The highest BCUT2D eigenvalue weighted by molar-refractivity contribution is 5.96. The van der Waals surface area contributed by atoms with Crippen molar-refractivity contribution in [3.05, 3.63) is 24.1 Å². The number of nitrogens with zero attached hydrogens (tertiary/aromatic N) is 1. The Balaban J connectivity index is 2.10. The first-order valence-electron chi connectivity index (χ1n) is 6.97.